The topological polar surface area (TPSA) is 69.6 Å². The normalized spacial score (nSPS) is 23.8. The highest BCUT2D eigenvalue weighted by molar-refractivity contribution is 5.74. The van der Waals surface area contributed by atoms with E-state index < -0.39 is 5.97 Å². The number of carboxylic acid groups (broad SMARTS) is 1. The molecule has 2 N–H and O–H groups in total. The van der Waals surface area contributed by atoms with Crippen LogP contribution in [0.15, 0.2) is 0 Å². The van der Waals surface area contributed by atoms with Crippen LogP contribution in [0, 0.1) is 10.8 Å². The Hall–Kier alpha value is -1.26. The van der Waals surface area contributed by atoms with Gasteiger partial charge in [-0.1, -0.05) is 20.3 Å². The molecular weight excluding hydrogens is 256 g/mol. The van der Waals surface area contributed by atoms with Crippen molar-refractivity contribution < 1.29 is 14.7 Å². The maximum atomic E-state index is 12.1. The molecule has 1 aliphatic carbocycles. The molecule has 0 unspecified atom stereocenters. The van der Waals surface area contributed by atoms with E-state index in [0.29, 0.717) is 12.0 Å². The zero-order chi connectivity index (χ0) is 14.8. The third-order valence-corrected chi connectivity index (χ3v) is 4.96. The van der Waals surface area contributed by atoms with Crippen LogP contribution in [0.25, 0.3) is 0 Å². The van der Waals surface area contributed by atoms with E-state index in [4.69, 9.17) is 5.11 Å². The number of carbonyl (C=O) groups is 2. The Morgan fingerprint density at radius 3 is 2.20 bits per heavy atom. The molecule has 2 rings (SSSR count). The number of aliphatic carboxylic acids is 1. The fourth-order valence-electron chi connectivity index (χ4n) is 3.10. The van der Waals surface area contributed by atoms with Crippen LogP contribution in [-0.2, 0) is 4.79 Å². The van der Waals surface area contributed by atoms with Gasteiger partial charge in [-0.3, -0.25) is 4.79 Å². The first-order valence-electron chi connectivity index (χ1n) is 7.57. The number of piperidine rings is 1. The lowest BCUT2D eigenvalue weighted by atomic mass is 9.66. The van der Waals surface area contributed by atoms with Crippen molar-refractivity contribution in [3.05, 3.63) is 0 Å². The van der Waals surface area contributed by atoms with Crippen molar-refractivity contribution in [2.45, 2.75) is 52.4 Å². The molecule has 2 amide bonds. The smallest absolute Gasteiger partial charge is 0.317 e. The Balaban J connectivity index is 1.79. The van der Waals surface area contributed by atoms with Gasteiger partial charge in [0.15, 0.2) is 0 Å². The van der Waals surface area contributed by atoms with Crippen LogP contribution in [0.4, 0.5) is 4.79 Å². The lowest BCUT2D eigenvalue weighted by Gasteiger charge is -2.42. The second-order valence-electron chi connectivity index (χ2n) is 7.23. The largest absolute Gasteiger partial charge is 0.481 e. The minimum Gasteiger partial charge on any atom is -0.481 e. The summed E-state index contributed by atoms with van der Waals surface area (Å²) >= 11 is 0. The summed E-state index contributed by atoms with van der Waals surface area (Å²) in [5, 5.41) is 11.9. The van der Waals surface area contributed by atoms with Crippen molar-refractivity contribution in [1.82, 2.24) is 10.2 Å². The Bertz CT molecular complexity index is 379. The van der Waals surface area contributed by atoms with Gasteiger partial charge < -0.3 is 15.3 Å². The van der Waals surface area contributed by atoms with Crippen molar-refractivity contribution in [3.8, 4) is 0 Å². The van der Waals surface area contributed by atoms with E-state index in [0.717, 1.165) is 45.2 Å². The van der Waals surface area contributed by atoms with Gasteiger partial charge >= 0.3 is 12.0 Å². The van der Waals surface area contributed by atoms with Gasteiger partial charge in [-0.15, -0.1) is 0 Å². The van der Waals surface area contributed by atoms with Gasteiger partial charge in [0.25, 0.3) is 0 Å². The van der Waals surface area contributed by atoms with Gasteiger partial charge in [-0.05, 0) is 36.5 Å². The molecule has 0 aromatic carbocycles. The van der Waals surface area contributed by atoms with Gasteiger partial charge in [0, 0.05) is 19.6 Å². The molecule has 1 heterocycles. The van der Waals surface area contributed by atoms with Gasteiger partial charge in [0.1, 0.15) is 0 Å². The average Bonchev–Trinajstić information content (AvgIpc) is 2.31. The van der Waals surface area contributed by atoms with Crippen LogP contribution >= 0.6 is 0 Å². The SMILES string of the molecule is CC1(C)CCN(C(=O)NCC2(CC(=O)O)CCC2)CC1. The molecule has 5 heteroatoms. The van der Waals surface area contributed by atoms with Crippen molar-refractivity contribution >= 4 is 12.0 Å². The average molecular weight is 282 g/mol. The summed E-state index contributed by atoms with van der Waals surface area (Å²) in [5.74, 6) is -0.765. The molecule has 5 nitrogen and oxygen atoms in total. The van der Waals surface area contributed by atoms with Crippen LogP contribution in [0.5, 0.6) is 0 Å². The Morgan fingerprint density at radius 2 is 1.75 bits per heavy atom. The molecule has 0 spiro atoms. The number of urea groups is 1. The molecule has 1 saturated heterocycles. The summed E-state index contributed by atoms with van der Waals surface area (Å²) in [6.45, 7) is 6.56. The highest BCUT2D eigenvalue weighted by atomic mass is 16.4. The molecule has 2 aliphatic rings. The monoisotopic (exact) mass is 282 g/mol. The molecule has 1 saturated carbocycles. The van der Waals surface area contributed by atoms with Crippen LogP contribution in [-0.4, -0.2) is 41.6 Å². The third-order valence-electron chi connectivity index (χ3n) is 4.96. The van der Waals surface area contributed by atoms with Crippen molar-refractivity contribution in [2.24, 2.45) is 10.8 Å². The Kier molecular flexibility index (Phi) is 4.25. The van der Waals surface area contributed by atoms with E-state index in [2.05, 4.69) is 19.2 Å². The minimum atomic E-state index is -0.765. The second kappa shape index (κ2) is 5.62. The lowest BCUT2D eigenvalue weighted by molar-refractivity contribution is -0.141. The summed E-state index contributed by atoms with van der Waals surface area (Å²) in [4.78, 5) is 24.9. The molecule has 0 atom stereocenters. The van der Waals surface area contributed by atoms with Crippen molar-refractivity contribution in [1.29, 1.82) is 0 Å². The molecule has 2 fully saturated rings. The molecule has 20 heavy (non-hydrogen) atoms. The first-order valence-corrected chi connectivity index (χ1v) is 7.57. The van der Waals surface area contributed by atoms with Crippen LogP contribution < -0.4 is 5.32 Å². The fraction of sp³-hybridized carbons (Fsp3) is 0.867. The molecule has 0 bridgehead atoms. The number of nitrogens with one attached hydrogen (secondary N) is 1. The number of hydrogen-bond donors (Lipinski definition) is 2. The first-order chi connectivity index (χ1) is 9.32. The number of carboxylic acids is 1. The maximum Gasteiger partial charge on any atom is 0.317 e. The molecule has 0 aromatic heterocycles. The first kappa shape index (κ1) is 15.1. The number of hydrogen-bond acceptors (Lipinski definition) is 2. The predicted octanol–water partition coefficient (Wildman–Crippen LogP) is 2.46. The third kappa shape index (κ3) is 3.64. The Morgan fingerprint density at radius 1 is 1.15 bits per heavy atom. The van der Waals surface area contributed by atoms with Gasteiger partial charge in [-0.25, -0.2) is 4.79 Å². The van der Waals surface area contributed by atoms with Crippen LogP contribution in [0.1, 0.15) is 52.4 Å². The second-order valence-corrected chi connectivity index (χ2v) is 7.23. The highest BCUT2D eigenvalue weighted by Gasteiger charge is 2.39. The van der Waals surface area contributed by atoms with E-state index >= 15 is 0 Å². The maximum absolute atomic E-state index is 12.1. The zero-order valence-electron chi connectivity index (χ0n) is 12.6. The van der Waals surface area contributed by atoms with Crippen molar-refractivity contribution in [3.63, 3.8) is 0 Å². The van der Waals surface area contributed by atoms with Gasteiger partial charge in [0.2, 0.25) is 0 Å². The molecule has 0 aromatic rings. The van der Waals surface area contributed by atoms with E-state index in [9.17, 15) is 9.59 Å². The van der Waals surface area contributed by atoms with Gasteiger partial charge in [0.05, 0.1) is 6.42 Å². The quantitative estimate of drug-likeness (QED) is 0.832. The van der Waals surface area contributed by atoms with E-state index in [1.54, 1.807) is 0 Å². The molecule has 114 valence electrons. The zero-order valence-corrected chi connectivity index (χ0v) is 12.6. The summed E-state index contributed by atoms with van der Waals surface area (Å²) in [6, 6.07) is -0.0304. The molecule has 1 aliphatic heterocycles. The summed E-state index contributed by atoms with van der Waals surface area (Å²) in [7, 11) is 0. The van der Waals surface area contributed by atoms with Gasteiger partial charge in [-0.2, -0.15) is 0 Å². The molecular formula is C15H26N2O3. The van der Waals surface area contributed by atoms with Crippen molar-refractivity contribution in [2.75, 3.05) is 19.6 Å². The number of amides is 2. The number of carbonyl (C=O) groups excluding carboxylic acids is 1. The fourth-order valence-corrected chi connectivity index (χ4v) is 3.10. The van der Waals surface area contributed by atoms with Crippen LogP contribution in [0.2, 0.25) is 0 Å². The highest BCUT2D eigenvalue weighted by Crippen LogP contribution is 2.43. The predicted molar refractivity (Wildman–Crippen MR) is 76.5 cm³/mol. The summed E-state index contributed by atoms with van der Waals surface area (Å²) < 4.78 is 0. The summed E-state index contributed by atoms with van der Waals surface area (Å²) in [5.41, 5.74) is 0.131. The van der Waals surface area contributed by atoms with E-state index in [-0.39, 0.29) is 17.9 Å². The van der Waals surface area contributed by atoms with E-state index in [1.807, 2.05) is 4.90 Å². The minimum absolute atomic E-state index is 0.0304. The van der Waals surface area contributed by atoms with Crippen LogP contribution in [0.3, 0.4) is 0 Å². The number of likely N-dealkylation sites (tertiary alicyclic amines) is 1. The van der Waals surface area contributed by atoms with E-state index in [1.165, 1.54) is 0 Å². The lowest BCUT2D eigenvalue weighted by Crippen LogP contribution is -2.50. The summed E-state index contributed by atoms with van der Waals surface area (Å²) in [6.07, 6.45) is 5.11. The number of nitrogens with zero attached hydrogens (tertiary/aromatic N) is 1. The Labute approximate surface area is 120 Å². The standard InChI is InChI=1S/C15H26N2O3/c1-14(2)6-8-17(9-7-14)13(20)16-11-15(4-3-5-15)10-12(18)19/h3-11H2,1-2H3,(H,16,20)(H,18,19). The molecule has 0 radical (unpaired) electrons. The number of rotatable bonds is 4.